The summed E-state index contributed by atoms with van der Waals surface area (Å²) < 4.78 is 0.849. The monoisotopic (exact) mass is 333 g/mol. The van der Waals surface area contributed by atoms with Crippen molar-refractivity contribution in [1.29, 1.82) is 0 Å². The van der Waals surface area contributed by atoms with Crippen molar-refractivity contribution in [3.63, 3.8) is 0 Å². The van der Waals surface area contributed by atoms with E-state index in [1.54, 1.807) is 0 Å². The minimum atomic E-state index is -0.181. The van der Waals surface area contributed by atoms with Crippen molar-refractivity contribution in [1.82, 2.24) is 0 Å². The molecule has 2 nitrogen and oxygen atoms in total. The molecule has 0 aromatic heterocycles. The number of phenolic OH excluding ortho intramolecular Hbond substituents is 1. The van der Waals surface area contributed by atoms with Crippen LogP contribution >= 0.6 is 55.1 Å². The number of nitrogens with two attached hydrogens (primary N) is 1. The molecule has 0 radical (unpaired) electrons. The Morgan fingerprint density at radius 2 is 1.58 bits per heavy atom. The highest BCUT2D eigenvalue weighted by atomic mass is 79.9. The van der Waals surface area contributed by atoms with E-state index in [-0.39, 0.29) is 16.5 Å². The van der Waals surface area contributed by atoms with Gasteiger partial charge in [0, 0.05) is 0 Å². The SMILES string of the molecule is Nc1c(O)c(Cl)c(Br)c(Cl)c1Br. The van der Waals surface area contributed by atoms with Gasteiger partial charge in [-0.15, -0.1) is 0 Å². The Labute approximate surface area is 95.9 Å². The van der Waals surface area contributed by atoms with E-state index in [1.165, 1.54) is 0 Å². The Balaban J connectivity index is 3.60. The second kappa shape index (κ2) is 3.62. The summed E-state index contributed by atoms with van der Waals surface area (Å²) in [5.41, 5.74) is 5.60. The molecule has 0 fully saturated rings. The summed E-state index contributed by atoms with van der Waals surface area (Å²) in [6.07, 6.45) is 0. The van der Waals surface area contributed by atoms with Crippen LogP contribution in [0.1, 0.15) is 0 Å². The van der Waals surface area contributed by atoms with Gasteiger partial charge in [-0.1, -0.05) is 23.2 Å². The second-order valence-corrected chi connectivity index (χ2v) is 4.36. The lowest BCUT2D eigenvalue weighted by molar-refractivity contribution is 0.477. The molecule has 0 heterocycles. The Bertz CT molecular complexity index is 238. The standard InChI is InChI=1S/C6H3Br2Cl2NO/c7-1-3(9)2(8)5(11)6(12)4(1)10/h12H,11H2. The molecule has 0 aliphatic carbocycles. The van der Waals surface area contributed by atoms with Crippen molar-refractivity contribution in [3.05, 3.63) is 19.0 Å². The minimum Gasteiger partial charge on any atom is -0.504 e. The summed E-state index contributed by atoms with van der Waals surface area (Å²) in [4.78, 5) is 0. The third kappa shape index (κ3) is 1.53. The fourth-order valence-corrected chi connectivity index (χ4v) is 2.12. The average molecular weight is 336 g/mol. The Hall–Kier alpha value is 0.360. The number of hydrogen-bond acceptors (Lipinski definition) is 2. The van der Waals surface area contributed by atoms with E-state index in [2.05, 4.69) is 31.9 Å². The molecule has 0 atom stereocenters. The van der Waals surface area contributed by atoms with Crippen molar-refractivity contribution >= 4 is 60.7 Å². The molecule has 0 saturated carbocycles. The first-order valence-electron chi connectivity index (χ1n) is 2.77. The maximum Gasteiger partial charge on any atom is 0.159 e. The van der Waals surface area contributed by atoms with Crippen molar-refractivity contribution in [2.24, 2.45) is 0 Å². The van der Waals surface area contributed by atoms with Gasteiger partial charge < -0.3 is 10.8 Å². The van der Waals surface area contributed by atoms with Crippen LogP contribution in [0.5, 0.6) is 5.75 Å². The second-order valence-electron chi connectivity index (χ2n) is 2.02. The van der Waals surface area contributed by atoms with Gasteiger partial charge >= 0.3 is 0 Å². The molecule has 0 aliphatic rings. The molecule has 0 amide bonds. The van der Waals surface area contributed by atoms with Crippen LogP contribution in [0.3, 0.4) is 0 Å². The molecule has 12 heavy (non-hydrogen) atoms. The van der Waals surface area contributed by atoms with Gasteiger partial charge in [0.2, 0.25) is 0 Å². The van der Waals surface area contributed by atoms with Crippen molar-refractivity contribution < 1.29 is 5.11 Å². The lowest BCUT2D eigenvalue weighted by Gasteiger charge is -2.08. The van der Waals surface area contributed by atoms with Gasteiger partial charge in [-0.05, 0) is 31.9 Å². The predicted molar refractivity (Wildman–Crippen MR) is 57.9 cm³/mol. The average Bonchev–Trinajstić information content (AvgIpc) is 2.08. The predicted octanol–water partition coefficient (Wildman–Crippen LogP) is 3.81. The first kappa shape index (κ1) is 10.4. The lowest BCUT2D eigenvalue weighted by atomic mass is 10.3. The normalized spacial score (nSPS) is 10.3. The minimum absolute atomic E-state index is 0.112. The van der Waals surface area contributed by atoms with Crippen molar-refractivity contribution in [2.75, 3.05) is 5.73 Å². The molecule has 0 unspecified atom stereocenters. The van der Waals surface area contributed by atoms with Gasteiger partial charge in [0.25, 0.3) is 0 Å². The topological polar surface area (TPSA) is 46.2 Å². The highest BCUT2D eigenvalue weighted by molar-refractivity contribution is 9.11. The summed E-state index contributed by atoms with van der Waals surface area (Å²) >= 11 is 17.7. The summed E-state index contributed by atoms with van der Waals surface area (Å²) in [6, 6.07) is 0. The molecule has 0 spiro atoms. The van der Waals surface area contributed by atoms with Crippen LogP contribution in [-0.4, -0.2) is 5.11 Å². The van der Waals surface area contributed by atoms with E-state index in [0.717, 1.165) is 0 Å². The number of hydrogen-bond donors (Lipinski definition) is 2. The fraction of sp³-hybridized carbons (Fsp3) is 0. The number of halogens is 4. The quantitative estimate of drug-likeness (QED) is 0.328. The van der Waals surface area contributed by atoms with Gasteiger partial charge in [0.1, 0.15) is 5.02 Å². The van der Waals surface area contributed by atoms with E-state index in [4.69, 9.17) is 28.9 Å². The van der Waals surface area contributed by atoms with Crippen LogP contribution in [0.4, 0.5) is 5.69 Å². The molecule has 6 heteroatoms. The first-order valence-corrected chi connectivity index (χ1v) is 5.11. The largest absolute Gasteiger partial charge is 0.504 e. The van der Waals surface area contributed by atoms with E-state index < -0.39 is 0 Å². The van der Waals surface area contributed by atoms with Crippen LogP contribution in [0.25, 0.3) is 0 Å². The zero-order valence-electron chi connectivity index (χ0n) is 5.54. The van der Waals surface area contributed by atoms with Gasteiger partial charge in [-0.2, -0.15) is 0 Å². The number of rotatable bonds is 0. The molecule has 66 valence electrons. The van der Waals surface area contributed by atoms with E-state index in [1.807, 2.05) is 0 Å². The zero-order chi connectivity index (χ0) is 9.46. The number of aromatic hydroxyl groups is 1. The molecular weight excluding hydrogens is 333 g/mol. The lowest BCUT2D eigenvalue weighted by Crippen LogP contribution is -1.90. The molecule has 0 bridgehead atoms. The van der Waals surface area contributed by atoms with E-state index in [9.17, 15) is 5.11 Å². The molecular formula is C6H3Br2Cl2NO. The van der Waals surface area contributed by atoms with Gasteiger partial charge in [0.15, 0.2) is 5.75 Å². The van der Waals surface area contributed by atoms with Gasteiger partial charge in [-0.25, -0.2) is 0 Å². The van der Waals surface area contributed by atoms with Crippen molar-refractivity contribution in [2.45, 2.75) is 0 Å². The molecule has 1 rings (SSSR count). The summed E-state index contributed by atoms with van der Waals surface area (Å²) in [5, 5.41) is 9.77. The third-order valence-electron chi connectivity index (χ3n) is 1.28. The van der Waals surface area contributed by atoms with Crippen LogP contribution in [-0.2, 0) is 0 Å². The Morgan fingerprint density at radius 3 is 2.08 bits per heavy atom. The molecule has 0 aliphatic heterocycles. The number of anilines is 1. The van der Waals surface area contributed by atoms with Crippen LogP contribution in [0, 0.1) is 0 Å². The molecule has 0 saturated heterocycles. The summed E-state index contributed by atoms with van der Waals surface area (Å²) in [5.74, 6) is -0.181. The Morgan fingerprint density at radius 1 is 1.08 bits per heavy atom. The number of nitrogen functional groups attached to an aromatic ring is 1. The van der Waals surface area contributed by atoms with Gasteiger partial charge in [0.05, 0.1) is 19.7 Å². The molecule has 3 N–H and O–H groups in total. The smallest absolute Gasteiger partial charge is 0.159 e. The third-order valence-corrected chi connectivity index (χ3v) is 4.33. The highest BCUT2D eigenvalue weighted by Gasteiger charge is 2.16. The summed E-state index contributed by atoms with van der Waals surface area (Å²) in [7, 11) is 0. The van der Waals surface area contributed by atoms with Crippen LogP contribution in [0.2, 0.25) is 10.0 Å². The van der Waals surface area contributed by atoms with E-state index in [0.29, 0.717) is 14.0 Å². The maximum absolute atomic E-state index is 9.32. The first-order chi connectivity index (χ1) is 5.46. The molecule has 1 aromatic carbocycles. The molecule has 1 aromatic rings. The maximum atomic E-state index is 9.32. The van der Waals surface area contributed by atoms with Crippen LogP contribution in [0.15, 0.2) is 8.95 Å². The number of benzene rings is 1. The fourth-order valence-electron chi connectivity index (χ4n) is 0.637. The summed E-state index contributed by atoms with van der Waals surface area (Å²) in [6.45, 7) is 0. The zero-order valence-corrected chi connectivity index (χ0v) is 10.2. The van der Waals surface area contributed by atoms with E-state index >= 15 is 0 Å². The highest BCUT2D eigenvalue weighted by Crippen LogP contribution is 2.46. The van der Waals surface area contributed by atoms with Crippen molar-refractivity contribution in [3.8, 4) is 5.75 Å². The van der Waals surface area contributed by atoms with Gasteiger partial charge in [-0.3, -0.25) is 0 Å². The Kier molecular flexibility index (Phi) is 3.15. The van der Waals surface area contributed by atoms with Crippen LogP contribution < -0.4 is 5.73 Å². The number of phenols is 1.